The molecule has 9 heteroatoms. The highest BCUT2D eigenvalue weighted by atomic mass is 32.2. The first-order valence-corrected chi connectivity index (χ1v) is 13.6. The summed E-state index contributed by atoms with van der Waals surface area (Å²) in [6, 6.07) is 20.0. The molecule has 1 saturated heterocycles. The van der Waals surface area contributed by atoms with Gasteiger partial charge in [-0.2, -0.15) is 0 Å². The number of anilines is 1. The zero-order valence-corrected chi connectivity index (χ0v) is 21.7. The highest BCUT2D eigenvalue weighted by Crippen LogP contribution is 2.38. The van der Waals surface area contributed by atoms with Gasteiger partial charge in [-0.25, -0.2) is 18.1 Å². The minimum absolute atomic E-state index is 0.127. The molecule has 1 aliphatic heterocycles. The maximum atomic E-state index is 13.4. The average Bonchev–Trinajstić information content (AvgIpc) is 3.14. The molecule has 5 rings (SSSR count). The number of sulfonamides is 1. The number of rotatable bonds is 5. The van der Waals surface area contributed by atoms with Crippen molar-refractivity contribution >= 4 is 32.5 Å². The minimum atomic E-state index is -4.39. The van der Waals surface area contributed by atoms with Gasteiger partial charge in [-0.3, -0.25) is 9.59 Å². The lowest BCUT2D eigenvalue weighted by Gasteiger charge is -2.34. The molecule has 0 unspecified atom stereocenters. The number of fused-ring (bicyclic) bond motifs is 1. The van der Waals surface area contributed by atoms with Gasteiger partial charge in [0.2, 0.25) is 0 Å². The molecule has 1 fully saturated rings. The van der Waals surface area contributed by atoms with E-state index in [0.29, 0.717) is 24.0 Å². The van der Waals surface area contributed by atoms with Crippen LogP contribution in [0.1, 0.15) is 37.6 Å². The van der Waals surface area contributed by atoms with Crippen LogP contribution in [-0.2, 0) is 10.0 Å². The van der Waals surface area contributed by atoms with Crippen LogP contribution in [0.25, 0.3) is 22.0 Å². The van der Waals surface area contributed by atoms with Gasteiger partial charge in [0, 0.05) is 23.8 Å². The number of hydrogen-bond donors (Lipinski definition) is 2. The van der Waals surface area contributed by atoms with E-state index in [1.54, 1.807) is 12.1 Å². The Kier molecular flexibility index (Phi) is 6.11. The summed E-state index contributed by atoms with van der Waals surface area (Å²) >= 11 is 0. The van der Waals surface area contributed by atoms with Crippen molar-refractivity contribution < 1.29 is 13.2 Å². The van der Waals surface area contributed by atoms with Crippen LogP contribution in [0, 0.1) is 5.92 Å². The first-order valence-electron chi connectivity index (χ1n) is 12.1. The summed E-state index contributed by atoms with van der Waals surface area (Å²) in [5.74, 6) is -0.0653. The summed E-state index contributed by atoms with van der Waals surface area (Å²) < 4.78 is 27.8. The normalized spacial score (nSPS) is 17.2. The monoisotopic (exact) mass is 516 g/mol. The van der Waals surface area contributed by atoms with Crippen LogP contribution >= 0.6 is 0 Å². The molecule has 0 aliphatic carbocycles. The number of pyridine rings is 2. The highest BCUT2D eigenvalue weighted by molar-refractivity contribution is 7.90. The molecule has 8 nitrogen and oxygen atoms in total. The number of carbonyl (C=O) groups excluding carboxylic acids is 1. The molecule has 190 valence electrons. The molecule has 2 aromatic heterocycles. The molecular weight excluding hydrogens is 488 g/mol. The van der Waals surface area contributed by atoms with Crippen molar-refractivity contribution in [3.63, 3.8) is 0 Å². The van der Waals surface area contributed by atoms with Crippen molar-refractivity contribution in [1.82, 2.24) is 14.7 Å². The molecule has 0 saturated carbocycles. The number of hydrogen-bond acceptors (Lipinski definition) is 6. The summed E-state index contributed by atoms with van der Waals surface area (Å²) in [4.78, 5) is 34.2. The van der Waals surface area contributed by atoms with Crippen molar-refractivity contribution in [1.29, 1.82) is 0 Å². The molecule has 1 aliphatic rings. The lowest BCUT2D eigenvalue weighted by Crippen LogP contribution is -2.41. The fourth-order valence-electron chi connectivity index (χ4n) is 5.15. The van der Waals surface area contributed by atoms with Crippen molar-refractivity contribution in [3.05, 3.63) is 88.8 Å². The van der Waals surface area contributed by atoms with E-state index in [1.807, 2.05) is 42.5 Å². The van der Waals surface area contributed by atoms with Crippen molar-refractivity contribution in [2.45, 2.75) is 37.6 Å². The highest BCUT2D eigenvalue weighted by Gasteiger charge is 2.39. The molecule has 1 amide bonds. The first-order chi connectivity index (χ1) is 17.5. The summed E-state index contributed by atoms with van der Waals surface area (Å²) in [6.45, 7) is 6.99. The van der Waals surface area contributed by atoms with E-state index in [4.69, 9.17) is 4.98 Å². The molecule has 0 bridgehead atoms. The Labute approximate surface area is 215 Å². The van der Waals surface area contributed by atoms with E-state index in [0.717, 1.165) is 28.8 Å². The van der Waals surface area contributed by atoms with Gasteiger partial charge in [-0.15, -0.1) is 0 Å². The Hall–Kier alpha value is -3.98. The number of nitrogens with zero attached hydrogens (tertiary/aromatic N) is 2. The second kappa shape index (κ2) is 9.15. The number of benzene rings is 2. The quantitative estimate of drug-likeness (QED) is 0.408. The van der Waals surface area contributed by atoms with Crippen molar-refractivity contribution in [3.8, 4) is 11.3 Å². The number of aromatic amines is 1. The SMILES string of the molecule is C[C@@H]1CN(c2nc(-c3ccc4ccccc4c3)ccc2C(=O)NS(=O)(=O)c2ccc[nH]c2=O)C(C)(C)C1. The van der Waals surface area contributed by atoms with E-state index >= 15 is 0 Å². The molecule has 37 heavy (non-hydrogen) atoms. The summed E-state index contributed by atoms with van der Waals surface area (Å²) in [7, 11) is -4.39. The molecule has 3 heterocycles. The van der Waals surface area contributed by atoms with E-state index in [-0.39, 0.29) is 11.1 Å². The molecule has 0 radical (unpaired) electrons. The number of nitrogens with one attached hydrogen (secondary N) is 2. The second-order valence-corrected chi connectivity index (χ2v) is 11.8. The van der Waals surface area contributed by atoms with E-state index in [2.05, 4.69) is 35.4 Å². The Morgan fingerprint density at radius 1 is 1.05 bits per heavy atom. The molecule has 1 atom stereocenters. The maximum absolute atomic E-state index is 13.4. The summed E-state index contributed by atoms with van der Waals surface area (Å²) in [5, 5.41) is 2.18. The van der Waals surface area contributed by atoms with Gasteiger partial charge in [0.05, 0.1) is 11.3 Å². The van der Waals surface area contributed by atoms with Gasteiger partial charge in [-0.1, -0.05) is 43.3 Å². The Morgan fingerprint density at radius 2 is 1.81 bits per heavy atom. The predicted octanol–water partition coefficient (Wildman–Crippen LogP) is 4.33. The van der Waals surface area contributed by atoms with Crippen LogP contribution in [0.4, 0.5) is 5.82 Å². The van der Waals surface area contributed by atoms with Gasteiger partial charge in [-0.05, 0) is 67.3 Å². The number of H-pyrrole nitrogens is 1. The zero-order valence-electron chi connectivity index (χ0n) is 20.9. The van der Waals surface area contributed by atoms with Gasteiger partial charge in [0.25, 0.3) is 21.5 Å². The Bertz CT molecular complexity index is 1680. The number of carbonyl (C=O) groups is 1. The third kappa shape index (κ3) is 4.74. The largest absolute Gasteiger partial charge is 0.351 e. The lowest BCUT2D eigenvalue weighted by molar-refractivity contribution is 0.0981. The Balaban J connectivity index is 1.59. The van der Waals surface area contributed by atoms with Crippen molar-refractivity contribution in [2.75, 3.05) is 11.4 Å². The Morgan fingerprint density at radius 3 is 2.51 bits per heavy atom. The van der Waals surface area contributed by atoms with Crippen LogP contribution in [0.3, 0.4) is 0 Å². The summed E-state index contributed by atoms with van der Waals surface area (Å²) in [5.41, 5.74) is 0.596. The van der Waals surface area contributed by atoms with Crippen LogP contribution < -0.4 is 15.2 Å². The van der Waals surface area contributed by atoms with Gasteiger partial charge < -0.3 is 9.88 Å². The average molecular weight is 517 g/mol. The zero-order chi connectivity index (χ0) is 26.4. The molecule has 4 aromatic rings. The van der Waals surface area contributed by atoms with Gasteiger partial charge in [0.1, 0.15) is 5.82 Å². The fraction of sp³-hybridized carbons (Fsp3) is 0.250. The van der Waals surface area contributed by atoms with Crippen LogP contribution in [0.5, 0.6) is 0 Å². The fourth-order valence-corrected chi connectivity index (χ4v) is 6.17. The van der Waals surface area contributed by atoms with Gasteiger partial charge >= 0.3 is 0 Å². The predicted molar refractivity (Wildman–Crippen MR) is 144 cm³/mol. The van der Waals surface area contributed by atoms with E-state index in [9.17, 15) is 18.0 Å². The van der Waals surface area contributed by atoms with E-state index in [1.165, 1.54) is 12.3 Å². The molecule has 2 N–H and O–H groups in total. The van der Waals surface area contributed by atoms with Crippen LogP contribution in [-0.4, -0.2) is 36.4 Å². The topological polar surface area (TPSA) is 112 Å². The molecular formula is C28H28N4O4S. The van der Waals surface area contributed by atoms with Crippen molar-refractivity contribution in [2.24, 2.45) is 5.92 Å². The lowest BCUT2D eigenvalue weighted by atomic mass is 9.97. The standard InChI is InChI=1S/C28H28N4O4S/c1-18-16-28(2,3)32(17-18)25-22(26(33)31-37(35,36)24-9-6-14-29-27(24)34)12-13-23(30-25)21-11-10-19-7-4-5-8-20(19)15-21/h4-15,18H,16-17H2,1-3H3,(H,29,34)(H,31,33)/t18-/m0/s1. The molecule has 2 aromatic carbocycles. The maximum Gasteiger partial charge on any atom is 0.269 e. The van der Waals surface area contributed by atoms with E-state index < -0.39 is 26.4 Å². The van der Waals surface area contributed by atoms with Crippen LogP contribution in [0.2, 0.25) is 0 Å². The third-order valence-corrected chi connectivity index (χ3v) is 8.15. The molecule has 0 spiro atoms. The number of aromatic nitrogens is 2. The van der Waals surface area contributed by atoms with Gasteiger partial charge in [0.15, 0.2) is 4.90 Å². The number of amides is 1. The second-order valence-electron chi connectivity index (χ2n) is 10.2. The first kappa shape index (κ1) is 24.7. The third-order valence-electron chi connectivity index (χ3n) is 6.79. The van der Waals surface area contributed by atoms with Crippen LogP contribution in [0.15, 0.2) is 82.6 Å². The minimum Gasteiger partial charge on any atom is -0.351 e. The summed E-state index contributed by atoms with van der Waals surface area (Å²) in [6.07, 6.45) is 2.22. The smallest absolute Gasteiger partial charge is 0.269 e.